The number of aryl methyl sites for hydroxylation is 2. The van der Waals surface area contributed by atoms with E-state index < -0.39 is 10.0 Å². The van der Waals surface area contributed by atoms with Crippen LogP contribution < -0.4 is 0 Å². The first kappa shape index (κ1) is 22.3. The van der Waals surface area contributed by atoms with Crippen LogP contribution in [0.15, 0.2) is 9.42 Å². The van der Waals surface area contributed by atoms with Crippen molar-refractivity contribution in [2.45, 2.75) is 71.6 Å². The number of nitrogens with zero attached hydrogens (tertiary/aromatic N) is 3. The van der Waals surface area contributed by atoms with Gasteiger partial charge in [-0.1, -0.05) is 25.9 Å². The van der Waals surface area contributed by atoms with Gasteiger partial charge in [0.1, 0.15) is 10.6 Å². The summed E-state index contributed by atoms with van der Waals surface area (Å²) in [5, 5.41) is 3.78. The predicted octanol–water partition coefficient (Wildman–Crippen LogP) is 3.37. The topological polar surface area (TPSA) is 83.7 Å². The molecule has 1 aromatic heterocycles. The highest BCUT2D eigenvalue weighted by Crippen LogP contribution is 2.40. The molecule has 164 valence electrons. The van der Waals surface area contributed by atoms with Gasteiger partial charge in [0.05, 0.1) is 0 Å². The Morgan fingerprint density at radius 2 is 1.69 bits per heavy atom. The molecule has 8 heteroatoms. The summed E-state index contributed by atoms with van der Waals surface area (Å²) in [5.74, 6) is 1.27. The first-order valence-corrected chi connectivity index (χ1v) is 12.2. The molecule has 2 aliphatic rings. The summed E-state index contributed by atoms with van der Waals surface area (Å²) >= 11 is 0. The second-order valence-corrected chi connectivity index (χ2v) is 11.5. The molecule has 0 atom stereocenters. The van der Waals surface area contributed by atoms with Crippen LogP contribution in [0.5, 0.6) is 0 Å². The molecule has 0 unspecified atom stereocenters. The molecule has 2 heterocycles. The van der Waals surface area contributed by atoms with Crippen LogP contribution in [-0.4, -0.2) is 54.9 Å². The number of carbonyl (C=O) groups excluding carboxylic acids is 1. The maximum absolute atomic E-state index is 13.1. The average molecular weight is 426 g/mol. The monoisotopic (exact) mass is 425 g/mol. The van der Waals surface area contributed by atoms with Crippen LogP contribution in [0.25, 0.3) is 0 Å². The minimum Gasteiger partial charge on any atom is -0.360 e. The van der Waals surface area contributed by atoms with Gasteiger partial charge in [0.15, 0.2) is 5.76 Å². The van der Waals surface area contributed by atoms with E-state index in [1.54, 1.807) is 13.8 Å². The summed E-state index contributed by atoms with van der Waals surface area (Å²) in [6.07, 6.45) is 4.73. The lowest BCUT2D eigenvalue weighted by Crippen LogP contribution is -2.41. The van der Waals surface area contributed by atoms with Gasteiger partial charge in [-0.05, 0) is 57.3 Å². The molecule has 0 aromatic carbocycles. The fourth-order valence-electron chi connectivity index (χ4n) is 4.79. The summed E-state index contributed by atoms with van der Waals surface area (Å²) < 4.78 is 32.7. The SMILES string of the molecule is Cc1noc(C)c1S(=O)(=O)N1CCCN(C(=O)C2CCC(C(C)(C)C)CC2)CC1. The molecule has 1 amide bonds. The average Bonchev–Trinajstić information content (AvgIpc) is 2.85. The van der Waals surface area contributed by atoms with Crippen molar-refractivity contribution < 1.29 is 17.7 Å². The van der Waals surface area contributed by atoms with Crippen molar-refractivity contribution in [3.63, 3.8) is 0 Å². The molecule has 1 aliphatic carbocycles. The maximum Gasteiger partial charge on any atom is 0.248 e. The van der Waals surface area contributed by atoms with Crippen molar-refractivity contribution in [3.8, 4) is 0 Å². The highest BCUT2D eigenvalue weighted by Gasteiger charge is 2.36. The zero-order valence-electron chi connectivity index (χ0n) is 18.4. The summed E-state index contributed by atoms with van der Waals surface area (Å²) in [4.78, 5) is 15.1. The molecule has 1 saturated carbocycles. The number of hydrogen-bond acceptors (Lipinski definition) is 5. The van der Waals surface area contributed by atoms with Crippen LogP contribution >= 0.6 is 0 Å². The van der Waals surface area contributed by atoms with Gasteiger partial charge in [-0.25, -0.2) is 8.42 Å². The molecule has 29 heavy (non-hydrogen) atoms. The Balaban J connectivity index is 1.62. The Labute approximate surface area is 174 Å². The third-order valence-corrected chi connectivity index (χ3v) is 8.78. The fourth-order valence-corrected chi connectivity index (χ4v) is 6.55. The van der Waals surface area contributed by atoms with Gasteiger partial charge in [0.2, 0.25) is 15.9 Å². The van der Waals surface area contributed by atoms with E-state index in [-0.39, 0.29) is 16.7 Å². The number of hydrogen-bond donors (Lipinski definition) is 0. The van der Waals surface area contributed by atoms with E-state index >= 15 is 0 Å². The minimum atomic E-state index is -3.66. The zero-order valence-corrected chi connectivity index (χ0v) is 19.2. The van der Waals surface area contributed by atoms with Crippen molar-refractivity contribution in [2.24, 2.45) is 17.3 Å². The lowest BCUT2D eigenvalue weighted by Gasteiger charge is -2.37. The van der Waals surface area contributed by atoms with Crippen molar-refractivity contribution >= 4 is 15.9 Å². The fraction of sp³-hybridized carbons (Fsp3) is 0.810. The Morgan fingerprint density at radius 1 is 1.03 bits per heavy atom. The van der Waals surface area contributed by atoms with E-state index in [4.69, 9.17) is 4.52 Å². The molecular formula is C21H35N3O4S. The Morgan fingerprint density at radius 3 is 2.24 bits per heavy atom. The lowest BCUT2D eigenvalue weighted by molar-refractivity contribution is -0.137. The molecule has 1 aromatic rings. The number of amides is 1. The molecular weight excluding hydrogens is 390 g/mol. The van der Waals surface area contributed by atoms with Crippen LogP contribution in [0.2, 0.25) is 0 Å². The molecule has 0 bridgehead atoms. The molecule has 1 saturated heterocycles. The number of carbonyl (C=O) groups is 1. The summed E-state index contributed by atoms with van der Waals surface area (Å²) in [5.41, 5.74) is 0.680. The summed E-state index contributed by atoms with van der Waals surface area (Å²) in [7, 11) is -3.66. The molecule has 3 rings (SSSR count). The normalized spacial score (nSPS) is 25.1. The zero-order chi connectivity index (χ0) is 21.4. The first-order valence-electron chi connectivity index (χ1n) is 10.7. The summed E-state index contributed by atoms with van der Waals surface area (Å²) in [6.45, 7) is 11.9. The third-order valence-electron chi connectivity index (χ3n) is 6.63. The lowest BCUT2D eigenvalue weighted by atomic mass is 9.69. The standard InChI is InChI=1S/C21H35N3O4S/c1-15-19(16(2)28-22-15)29(26,27)24-12-6-11-23(13-14-24)20(25)17-7-9-18(10-8-17)21(3,4)5/h17-18H,6-14H2,1-5H3. The Hall–Kier alpha value is -1.41. The minimum absolute atomic E-state index is 0.0827. The van der Waals surface area contributed by atoms with Crippen LogP contribution in [0.3, 0.4) is 0 Å². The van der Waals surface area contributed by atoms with Gasteiger partial charge in [0, 0.05) is 32.1 Å². The van der Waals surface area contributed by atoms with Gasteiger partial charge in [-0.2, -0.15) is 4.31 Å². The molecule has 0 N–H and O–H groups in total. The van der Waals surface area contributed by atoms with E-state index in [0.29, 0.717) is 55.4 Å². The van der Waals surface area contributed by atoms with Crippen LogP contribution in [0.1, 0.15) is 64.3 Å². The van der Waals surface area contributed by atoms with Crippen LogP contribution in [0, 0.1) is 31.1 Å². The van der Waals surface area contributed by atoms with Crippen molar-refractivity contribution in [3.05, 3.63) is 11.5 Å². The highest BCUT2D eigenvalue weighted by atomic mass is 32.2. The van der Waals surface area contributed by atoms with Gasteiger partial charge < -0.3 is 9.42 Å². The molecule has 0 spiro atoms. The van der Waals surface area contributed by atoms with Gasteiger partial charge in [-0.3, -0.25) is 4.79 Å². The van der Waals surface area contributed by atoms with Crippen LogP contribution in [0.4, 0.5) is 0 Å². The highest BCUT2D eigenvalue weighted by molar-refractivity contribution is 7.89. The number of aromatic nitrogens is 1. The quantitative estimate of drug-likeness (QED) is 0.741. The number of sulfonamides is 1. The van der Waals surface area contributed by atoms with Gasteiger partial charge in [0.25, 0.3) is 0 Å². The third kappa shape index (κ3) is 4.68. The first-order chi connectivity index (χ1) is 13.5. The van der Waals surface area contributed by atoms with Crippen molar-refractivity contribution in [1.29, 1.82) is 0 Å². The smallest absolute Gasteiger partial charge is 0.248 e. The van der Waals surface area contributed by atoms with Gasteiger partial charge in [-0.15, -0.1) is 0 Å². The number of rotatable bonds is 3. The molecule has 7 nitrogen and oxygen atoms in total. The second kappa shape index (κ2) is 8.38. The van der Waals surface area contributed by atoms with Gasteiger partial charge >= 0.3 is 0 Å². The predicted molar refractivity (Wildman–Crippen MR) is 111 cm³/mol. The van der Waals surface area contributed by atoms with Crippen LogP contribution in [-0.2, 0) is 14.8 Å². The van der Waals surface area contributed by atoms with E-state index in [2.05, 4.69) is 25.9 Å². The van der Waals surface area contributed by atoms with Crippen molar-refractivity contribution in [2.75, 3.05) is 26.2 Å². The largest absolute Gasteiger partial charge is 0.360 e. The Bertz CT molecular complexity index is 813. The summed E-state index contributed by atoms with van der Waals surface area (Å²) in [6, 6.07) is 0. The second-order valence-electron chi connectivity index (χ2n) is 9.65. The van der Waals surface area contributed by atoms with E-state index in [1.807, 2.05) is 4.90 Å². The van der Waals surface area contributed by atoms with E-state index in [9.17, 15) is 13.2 Å². The molecule has 2 fully saturated rings. The van der Waals surface area contributed by atoms with E-state index in [0.717, 1.165) is 25.7 Å². The molecule has 1 aliphatic heterocycles. The van der Waals surface area contributed by atoms with Crippen molar-refractivity contribution in [1.82, 2.24) is 14.4 Å². The Kier molecular flexibility index (Phi) is 6.44. The van der Waals surface area contributed by atoms with E-state index in [1.165, 1.54) is 4.31 Å². The molecule has 0 radical (unpaired) electrons. The maximum atomic E-state index is 13.1.